The van der Waals surface area contributed by atoms with E-state index in [1.54, 1.807) is 19.1 Å². The lowest BCUT2D eigenvalue weighted by Crippen LogP contribution is -2.50. The van der Waals surface area contributed by atoms with Gasteiger partial charge in [0.2, 0.25) is 15.2 Å². The zero-order valence-electron chi connectivity index (χ0n) is 21.3. The molecule has 0 spiro atoms. The number of amides is 2. The highest BCUT2D eigenvalue weighted by molar-refractivity contribution is 9.10. The van der Waals surface area contributed by atoms with E-state index in [0.717, 1.165) is 9.17 Å². The number of carbonyl (C=O) groups is 2. The Morgan fingerprint density at radius 3 is 2.58 bits per heavy atom. The molecule has 2 aromatic heterocycles. The molecule has 0 aliphatic carbocycles. The zero-order valence-corrected chi connectivity index (χ0v) is 24.5. The monoisotopic (exact) mass is 645 g/mol. The molecular formula is C26H24BrN5O6S2. The molecule has 208 valence electrons. The lowest BCUT2D eigenvalue weighted by Gasteiger charge is -2.33. The van der Waals surface area contributed by atoms with Crippen LogP contribution in [0, 0.1) is 0 Å². The highest BCUT2D eigenvalue weighted by Gasteiger charge is 2.31. The molecule has 0 unspecified atom stereocenters. The first-order valence-corrected chi connectivity index (χ1v) is 15.3. The Bertz CT molecular complexity index is 1650. The number of ether oxygens (including phenoxy) is 1. The van der Waals surface area contributed by atoms with Gasteiger partial charge in [-0.3, -0.25) is 4.79 Å². The van der Waals surface area contributed by atoms with Crippen molar-refractivity contribution in [1.29, 1.82) is 0 Å². The molecule has 2 aromatic carbocycles. The van der Waals surface area contributed by atoms with E-state index in [4.69, 9.17) is 9.15 Å². The van der Waals surface area contributed by atoms with Gasteiger partial charge in [-0.25, -0.2) is 18.2 Å². The number of carbonyl (C=O) groups excluding carboxylic acids is 2. The largest absolute Gasteiger partial charge is 0.463 e. The molecular weight excluding hydrogens is 622 g/mol. The Kier molecular flexibility index (Phi) is 8.30. The fourth-order valence-electron chi connectivity index (χ4n) is 4.01. The van der Waals surface area contributed by atoms with Crippen molar-refractivity contribution in [3.63, 3.8) is 0 Å². The standard InChI is InChI=1S/C26H24BrN5O6S2/c1-2-37-26(34)30-11-13-31(14-12-30)40(35,36)21-8-5-18(6-9-21)24(33)32(28-17-20-4-3-15-38-20)25-29-22-10-7-19(27)16-23(22)39-25/h3-10,15-17H,2,11-14H2,1H3/b28-17+. The summed E-state index contributed by atoms with van der Waals surface area (Å²) in [5.74, 6) is -0.0425. The number of hydrazone groups is 1. The van der Waals surface area contributed by atoms with Crippen LogP contribution in [0.3, 0.4) is 0 Å². The van der Waals surface area contributed by atoms with Crippen molar-refractivity contribution in [3.05, 3.63) is 76.7 Å². The SMILES string of the molecule is CCOC(=O)N1CCN(S(=O)(=O)c2ccc(C(=O)N(/N=C/c3ccco3)c3nc4ccc(Br)cc4s3)cc2)CC1. The fourth-order valence-corrected chi connectivity index (χ4v) is 6.91. The minimum Gasteiger partial charge on any atom is -0.463 e. The van der Waals surface area contributed by atoms with Crippen molar-refractivity contribution >= 4 is 70.9 Å². The molecule has 1 aliphatic heterocycles. The summed E-state index contributed by atoms with van der Waals surface area (Å²) >= 11 is 4.74. The average molecular weight is 647 g/mol. The molecule has 4 aromatic rings. The van der Waals surface area contributed by atoms with Crippen molar-refractivity contribution in [3.8, 4) is 0 Å². The highest BCUT2D eigenvalue weighted by Crippen LogP contribution is 2.32. The van der Waals surface area contributed by atoms with Crippen LogP contribution >= 0.6 is 27.3 Å². The summed E-state index contributed by atoms with van der Waals surface area (Å²) in [7, 11) is -3.83. The molecule has 0 N–H and O–H groups in total. The number of fused-ring (bicyclic) bond motifs is 1. The molecule has 0 radical (unpaired) electrons. The summed E-state index contributed by atoms with van der Waals surface area (Å²) in [6.45, 7) is 2.72. The van der Waals surface area contributed by atoms with Crippen molar-refractivity contribution in [2.45, 2.75) is 11.8 Å². The second kappa shape index (κ2) is 11.9. The third-order valence-corrected chi connectivity index (χ3v) is 9.46. The van der Waals surface area contributed by atoms with Crippen LogP contribution in [0.5, 0.6) is 0 Å². The van der Waals surface area contributed by atoms with Crippen LogP contribution in [0.4, 0.5) is 9.93 Å². The van der Waals surface area contributed by atoms with Crippen molar-refractivity contribution in [1.82, 2.24) is 14.2 Å². The number of nitrogens with zero attached hydrogens (tertiary/aromatic N) is 5. The quantitative estimate of drug-likeness (QED) is 0.209. The number of hydrogen-bond donors (Lipinski definition) is 0. The van der Waals surface area contributed by atoms with Crippen LogP contribution in [0.15, 0.2) is 79.7 Å². The van der Waals surface area contributed by atoms with Crippen molar-refractivity contribution < 1.29 is 27.2 Å². The number of anilines is 1. The molecule has 1 fully saturated rings. The second-order valence-corrected chi connectivity index (χ2v) is 12.5. The Morgan fingerprint density at radius 1 is 1.15 bits per heavy atom. The number of aromatic nitrogens is 1. The van der Waals surface area contributed by atoms with E-state index in [2.05, 4.69) is 26.0 Å². The van der Waals surface area contributed by atoms with Gasteiger partial charge in [0.1, 0.15) is 5.76 Å². The molecule has 1 saturated heterocycles. The Balaban J connectivity index is 1.37. The summed E-state index contributed by atoms with van der Waals surface area (Å²) in [6.07, 6.45) is 2.45. The zero-order chi connectivity index (χ0) is 28.3. The summed E-state index contributed by atoms with van der Waals surface area (Å²) in [4.78, 5) is 31.6. The second-order valence-electron chi connectivity index (χ2n) is 8.60. The predicted molar refractivity (Wildman–Crippen MR) is 154 cm³/mol. The first-order chi connectivity index (χ1) is 19.3. The first-order valence-electron chi connectivity index (χ1n) is 12.3. The van der Waals surface area contributed by atoms with Crippen LogP contribution in [0.25, 0.3) is 10.2 Å². The van der Waals surface area contributed by atoms with E-state index in [9.17, 15) is 18.0 Å². The van der Waals surface area contributed by atoms with E-state index in [0.29, 0.717) is 16.4 Å². The van der Waals surface area contributed by atoms with Crippen LogP contribution in [0.1, 0.15) is 23.0 Å². The van der Waals surface area contributed by atoms with Gasteiger partial charge >= 0.3 is 6.09 Å². The molecule has 0 atom stereocenters. The number of thiazole rings is 1. The number of piperazine rings is 1. The Hall–Kier alpha value is -3.59. The molecule has 40 heavy (non-hydrogen) atoms. The van der Waals surface area contributed by atoms with Gasteiger partial charge in [0.05, 0.1) is 34.2 Å². The molecule has 2 amide bonds. The van der Waals surface area contributed by atoms with Gasteiger partial charge in [0.25, 0.3) is 5.91 Å². The van der Waals surface area contributed by atoms with E-state index in [1.807, 2.05) is 18.2 Å². The lowest BCUT2D eigenvalue weighted by molar-refractivity contribution is 0.0933. The van der Waals surface area contributed by atoms with Crippen LogP contribution < -0.4 is 5.01 Å². The first kappa shape index (κ1) is 28.0. The Labute approximate surface area is 242 Å². The van der Waals surface area contributed by atoms with Crippen LogP contribution in [-0.2, 0) is 14.8 Å². The number of benzene rings is 2. The third kappa shape index (κ3) is 5.94. The third-order valence-electron chi connectivity index (χ3n) is 6.06. The number of furan rings is 1. The molecule has 0 saturated carbocycles. The summed E-state index contributed by atoms with van der Waals surface area (Å²) in [6, 6.07) is 14.7. The van der Waals surface area contributed by atoms with Gasteiger partial charge in [-0.2, -0.15) is 14.4 Å². The predicted octanol–water partition coefficient (Wildman–Crippen LogP) is 4.80. The average Bonchev–Trinajstić information content (AvgIpc) is 3.63. The topological polar surface area (TPSA) is 126 Å². The molecule has 11 nitrogen and oxygen atoms in total. The normalized spacial score (nSPS) is 14.6. The number of sulfonamides is 1. The van der Waals surface area contributed by atoms with Gasteiger partial charge in [-0.1, -0.05) is 27.3 Å². The number of halogens is 1. The van der Waals surface area contributed by atoms with Gasteiger partial charge in [-0.05, 0) is 61.5 Å². The number of hydrogen-bond acceptors (Lipinski definition) is 9. The van der Waals surface area contributed by atoms with Crippen molar-refractivity contribution in [2.24, 2.45) is 5.10 Å². The summed E-state index contributed by atoms with van der Waals surface area (Å²) in [5, 5.41) is 5.85. The van der Waals surface area contributed by atoms with Crippen molar-refractivity contribution in [2.75, 3.05) is 37.8 Å². The molecule has 14 heteroatoms. The minimum absolute atomic E-state index is 0.0455. The maximum Gasteiger partial charge on any atom is 0.409 e. The smallest absolute Gasteiger partial charge is 0.409 e. The molecule has 3 heterocycles. The van der Waals surface area contributed by atoms with Crippen LogP contribution in [0.2, 0.25) is 0 Å². The maximum atomic E-state index is 13.6. The fraction of sp³-hybridized carbons (Fsp3) is 0.231. The van der Waals surface area contributed by atoms with Gasteiger partial charge < -0.3 is 14.1 Å². The van der Waals surface area contributed by atoms with E-state index in [-0.39, 0.29) is 43.2 Å². The highest BCUT2D eigenvalue weighted by atomic mass is 79.9. The van der Waals surface area contributed by atoms with Gasteiger partial charge in [-0.15, -0.1) is 0 Å². The molecule has 5 rings (SSSR count). The minimum atomic E-state index is -3.83. The molecule has 0 bridgehead atoms. The van der Waals surface area contributed by atoms with E-state index >= 15 is 0 Å². The maximum absolute atomic E-state index is 13.6. The lowest BCUT2D eigenvalue weighted by atomic mass is 10.2. The number of rotatable bonds is 7. The van der Waals surface area contributed by atoms with E-state index < -0.39 is 22.0 Å². The molecule has 1 aliphatic rings. The van der Waals surface area contributed by atoms with Gasteiger partial charge in [0, 0.05) is 36.2 Å². The summed E-state index contributed by atoms with van der Waals surface area (Å²) in [5.41, 5.74) is 0.932. The summed E-state index contributed by atoms with van der Waals surface area (Å²) < 4.78 is 39.8. The Morgan fingerprint density at radius 2 is 1.90 bits per heavy atom. The van der Waals surface area contributed by atoms with E-state index in [1.165, 1.54) is 62.3 Å². The van der Waals surface area contributed by atoms with Crippen LogP contribution in [-0.4, -0.2) is 73.6 Å². The van der Waals surface area contributed by atoms with Gasteiger partial charge in [0.15, 0.2) is 0 Å².